The largest absolute Gasteiger partial charge is 0.493 e. The van der Waals surface area contributed by atoms with E-state index in [1.54, 1.807) is 12.0 Å². The van der Waals surface area contributed by atoms with Crippen LogP contribution in [-0.2, 0) is 16.6 Å². The van der Waals surface area contributed by atoms with E-state index in [9.17, 15) is 9.90 Å². The van der Waals surface area contributed by atoms with Gasteiger partial charge in [0.25, 0.3) is 5.91 Å². The number of nitrogens with zero attached hydrogens (tertiary/aromatic N) is 2. The standard InChI is InChI=1S/C30H32N2O4/c1-4-17-32-18-16-29-26-21-11-12-23(35-3)27(26)36-28(29)22(14-15-30(29,34)24(32)19-21)31(2)25(33)13-10-20-8-6-5-7-9-20/h4-9,11-12,22,24,28,34H,1,14-19H2,2-3H3/t22-,24-,28+,29+,30-/m1/s1. The number of rotatable bonds is 4. The number of amides is 1. The van der Waals surface area contributed by atoms with Gasteiger partial charge in [0.2, 0.25) is 0 Å². The molecule has 5 atom stereocenters. The number of carbonyl (C=O) groups excluding carboxylic acids is 1. The van der Waals surface area contributed by atoms with Crippen molar-refractivity contribution >= 4 is 5.91 Å². The van der Waals surface area contributed by atoms with Crippen molar-refractivity contribution in [3.63, 3.8) is 0 Å². The maximum absolute atomic E-state index is 13.2. The normalized spacial score (nSPS) is 31.4. The second-order valence-electron chi connectivity index (χ2n) is 10.5. The van der Waals surface area contributed by atoms with Gasteiger partial charge in [-0.25, -0.2) is 0 Å². The first-order valence-corrected chi connectivity index (χ1v) is 12.7. The summed E-state index contributed by atoms with van der Waals surface area (Å²) in [6.07, 6.45) is 4.29. The first-order valence-electron chi connectivity index (χ1n) is 12.7. The topological polar surface area (TPSA) is 62.2 Å². The highest BCUT2D eigenvalue weighted by atomic mass is 16.5. The minimum absolute atomic E-state index is 0.0259. The van der Waals surface area contributed by atoms with E-state index >= 15 is 0 Å². The third-order valence-corrected chi connectivity index (χ3v) is 9.02. The second kappa shape index (κ2) is 8.40. The van der Waals surface area contributed by atoms with Crippen LogP contribution < -0.4 is 9.47 Å². The van der Waals surface area contributed by atoms with E-state index in [2.05, 4.69) is 29.4 Å². The maximum atomic E-state index is 13.2. The van der Waals surface area contributed by atoms with Gasteiger partial charge in [-0.2, -0.15) is 0 Å². The van der Waals surface area contributed by atoms with Crippen LogP contribution in [0.2, 0.25) is 0 Å². The molecule has 2 aliphatic carbocycles. The lowest BCUT2D eigenvalue weighted by molar-refractivity contribution is -0.197. The third kappa shape index (κ3) is 3.03. The second-order valence-corrected chi connectivity index (χ2v) is 10.5. The first kappa shape index (κ1) is 23.1. The minimum atomic E-state index is -0.959. The molecule has 6 heteroatoms. The SMILES string of the molecule is C=CCN1CC[C@]23c4c5ccc(OC)c4O[C@H]2[C@H](N(C)C(=O)C#Cc2ccccc2)CC[C@@]3(O)[C@H]1C5. The fourth-order valence-corrected chi connectivity index (χ4v) is 7.42. The van der Waals surface area contributed by atoms with Crippen molar-refractivity contribution in [2.45, 2.75) is 54.9 Å². The van der Waals surface area contributed by atoms with Gasteiger partial charge in [-0.05, 0) is 56.0 Å². The van der Waals surface area contributed by atoms with Crippen LogP contribution in [0.4, 0.5) is 0 Å². The van der Waals surface area contributed by atoms with Crippen LogP contribution in [0, 0.1) is 11.8 Å². The van der Waals surface area contributed by atoms with Gasteiger partial charge >= 0.3 is 0 Å². The molecule has 2 heterocycles. The van der Waals surface area contributed by atoms with Gasteiger partial charge in [-0.15, -0.1) is 6.58 Å². The molecule has 1 saturated heterocycles. The fraction of sp³-hybridized carbons (Fsp3) is 0.433. The van der Waals surface area contributed by atoms with E-state index in [0.29, 0.717) is 18.6 Å². The Kier molecular flexibility index (Phi) is 5.40. The quantitative estimate of drug-likeness (QED) is 0.534. The number of benzene rings is 2. The number of hydrogen-bond acceptors (Lipinski definition) is 5. The minimum Gasteiger partial charge on any atom is -0.493 e. The summed E-state index contributed by atoms with van der Waals surface area (Å²) in [4.78, 5) is 17.3. The molecule has 2 fully saturated rings. The van der Waals surface area contributed by atoms with Crippen molar-refractivity contribution in [3.05, 3.63) is 71.8 Å². The Balaban J connectivity index is 1.42. The van der Waals surface area contributed by atoms with Gasteiger partial charge in [0.1, 0.15) is 6.10 Å². The van der Waals surface area contributed by atoms with E-state index < -0.39 is 11.0 Å². The molecule has 2 bridgehead atoms. The Hall–Kier alpha value is -3.27. The molecule has 186 valence electrons. The van der Waals surface area contributed by atoms with Gasteiger partial charge in [-0.3, -0.25) is 9.69 Å². The Morgan fingerprint density at radius 2 is 2.11 bits per heavy atom. The molecule has 0 aromatic heterocycles. The summed E-state index contributed by atoms with van der Waals surface area (Å²) in [5.74, 6) is 6.98. The Morgan fingerprint density at radius 3 is 2.86 bits per heavy atom. The average Bonchev–Trinajstić information content (AvgIpc) is 3.24. The summed E-state index contributed by atoms with van der Waals surface area (Å²) < 4.78 is 12.4. The Bertz CT molecular complexity index is 1280. The average molecular weight is 485 g/mol. The third-order valence-electron chi connectivity index (χ3n) is 9.02. The van der Waals surface area contributed by atoms with Crippen molar-refractivity contribution in [1.29, 1.82) is 0 Å². The van der Waals surface area contributed by atoms with E-state index in [1.165, 1.54) is 5.56 Å². The van der Waals surface area contributed by atoms with Gasteiger partial charge < -0.3 is 19.5 Å². The number of methoxy groups -OCH3 is 1. The van der Waals surface area contributed by atoms with Gasteiger partial charge in [0.15, 0.2) is 11.5 Å². The molecule has 36 heavy (non-hydrogen) atoms. The lowest BCUT2D eigenvalue weighted by Gasteiger charge is -2.64. The molecule has 1 N–H and O–H groups in total. The molecule has 1 saturated carbocycles. The molecular weight excluding hydrogens is 452 g/mol. The lowest BCUT2D eigenvalue weighted by atomic mass is 9.48. The zero-order valence-electron chi connectivity index (χ0n) is 20.9. The monoisotopic (exact) mass is 484 g/mol. The molecule has 6 rings (SSSR count). The highest BCUT2D eigenvalue weighted by Crippen LogP contribution is 2.65. The molecule has 4 aliphatic rings. The van der Waals surface area contributed by atoms with Gasteiger partial charge in [0.05, 0.1) is 24.2 Å². The van der Waals surface area contributed by atoms with E-state index in [-0.39, 0.29) is 24.1 Å². The van der Waals surface area contributed by atoms with Crippen LogP contribution in [0.25, 0.3) is 0 Å². The smallest absolute Gasteiger partial charge is 0.298 e. The van der Waals surface area contributed by atoms with Crippen LogP contribution >= 0.6 is 0 Å². The first-order chi connectivity index (χ1) is 17.4. The molecular formula is C30H32N2O4. The molecule has 2 aliphatic heterocycles. The summed E-state index contributed by atoms with van der Waals surface area (Å²) >= 11 is 0. The summed E-state index contributed by atoms with van der Waals surface area (Å²) in [6, 6.07) is 13.4. The predicted octanol–water partition coefficient (Wildman–Crippen LogP) is 2.91. The van der Waals surface area contributed by atoms with Crippen molar-refractivity contribution in [3.8, 4) is 23.3 Å². The molecule has 2 aromatic rings. The molecule has 6 nitrogen and oxygen atoms in total. The maximum Gasteiger partial charge on any atom is 0.298 e. The number of hydrogen-bond donors (Lipinski definition) is 1. The summed E-state index contributed by atoms with van der Waals surface area (Å²) in [5, 5.41) is 12.5. The van der Waals surface area contributed by atoms with Crippen LogP contribution in [0.1, 0.15) is 36.0 Å². The summed E-state index contributed by atoms with van der Waals surface area (Å²) in [5.41, 5.74) is 1.54. The number of ether oxygens (including phenoxy) is 2. The Labute approximate surface area is 212 Å². The van der Waals surface area contributed by atoms with Crippen molar-refractivity contribution in [2.75, 3.05) is 27.2 Å². The Morgan fingerprint density at radius 1 is 1.31 bits per heavy atom. The van der Waals surface area contributed by atoms with Crippen LogP contribution in [-0.4, -0.2) is 71.8 Å². The van der Waals surface area contributed by atoms with E-state index in [0.717, 1.165) is 42.8 Å². The van der Waals surface area contributed by atoms with E-state index in [4.69, 9.17) is 9.47 Å². The molecule has 2 aromatic carbocycles. The van der Waals surface area contributed by atoms with Crippen LogP contribution in [0.15, 0.2) is 55.1 Å². The zero-order valence-corrected chi connectivity index (χ0v) is 20.9. The number of likely N-dealkylation sites (N-methyl/N-ethyl adjacent to an activating group) is 1. The number of likely N-dealkylation sites (tertiary alicyclic amines) is 1. The molecule has 1 spiro atoms. The highest BCUT2D eigenvalue weighted by molar-refractivity contribution is 5.94. The van der Waals surface area contributed by atoms with Crippen molar-refractivity contribution < 1.29 is 19.4 Å². The number of aliphatic hydroxyl groups is 1. The summed E-state index contributed by atoms with van der Waals surface area (Å²) in [6.45, 7) is 5.53. The molecule has 1 amide bonds. The van der Waals surface area contributed by atoms with Crippen LogP contribution in [0.3, 0.4) is 0 Å². The lowest BCUT2D eigenvalue weighted by Crippen LogP contribution is -2.78. The van der Waals surface area contributed by atoms with E-state index in [1.807, 2.05) is 49.5 Å². The van der Waals surface area contributed by atoms with Gasteiger partial charge in [-0.1, -0.05) is 36.3 Å². The molecule has 0 radical (unpaired) electrons. The fourth-order valence-electron chi connectivity index (χ4n) is 7.42. The summed E-state index contributed by atoms with van der Waals surface area (Å²) in [7, 11) is 3.46. The highest BCUT2D eigenvalue weighted by Gasteiger charge is 2.73. The van der Waals surface area contributed by atoms with Crippen LogP contribution in [0.5, 0.6) is 11.5 Å². The van der Waals surface area contributed by atoms with Crippen molar-refractivity contribution in [2.24, 2.45) is 0 Å². The zero-order chi connectivity index (χ0) is 25.1. The van der Waals surface area contributed by atoms with Gasteiger partial charge in [0, 0.05) is 36.7 Å². The number of piperidine rings is 1. The predicted molar refractivity (Wildman–Crippen MR) is 137 cm³/mol. The molecule has 0 unspecified atom stereocenters. The van der Waals surface area contributed by atoms with Crippen molar-refractivity contribution in [1.82, 2.24) is 9.80 Å². The number of carbonyl (C=O) groups is 1.